The van der Waals surface area contributed by atoms with Gasteiger partial charge in [-0.2, -0.15) is 0 Å². The number of amides is 3. The Labute approximate surface area is 258 Å². The molecule has 1 fully saturated rings. The third-order valence-electron chi connectivity index (χ3n) is 7.91. The predicted octanol–water partition coefficient (Wildman–Crippen LogP) is 1.43. The van der Waals surface area contributed by atoms with Gasteiger partial charge in [0.15, 0.2) is 5.96 Å². The van der Waals surface area contributed by atoms with E-state index < -0.39 is 23.9 Å². The molecule has 0 aliphatic heterocycles. The lowest BCUT2D eigenvalue weighted by atomic mass is 9.76. The SMILES string of the molecule is N=C(N)c1ccc(C[C@@H](C(=O)N[C@@H](COCc2ccccc2)C(=O)N[C@@H](CCCN=C(N)N)C(N)=O)C2CCCCC2)cc1. The molecule has 0 radical (unpaired) electrons. The van der Waals surface area contributed by atoms with Crippen LogP contribution in [0.2, 0.25) is 0 Å². The molecule has 11 N–H and O–H groups in total. The molecule has 0 unspecified atom stereocenters. The first-order chi connectivity index (χ1) is 21.1. The fraction of sp³-hybridized carbons (Fsp3) is 0.469. The summed E-state index contributed by atoms with van der Waals surface area (Å²) < 4.78 is 5.88. The highest BCUT2D eigenvalue weighted by atomic mass is 16.5. The Morgan fingerprint density at radius 2 is 1.52 bits per heavy atom. The zero-order valence-electron chi connectivity index (χ0n) is 25.2. The minimum Gasteiger partial charge on any atom is -0.384 e. The molecule has 0 spiro atoms. The monoisotopic (exact) mass is 606 g/mol. The van der Waals surface area contributed by atoms with Crippen molar-refractivity contribution in [2.45, 2.75) is 70.1 Å². The summed E-state index contributed by atoms with van der Waals surface area (Å²) >= 11 is 0. The summed E-state index contributed by atoms with van der Waals surface area (Å²) in [7, 11) is 0. The molecule has 2 aromatic rings. The van der Waals surface area contributed by atoms with Gasteiger partial charge in [0.05, 0.1) is 13.2 Å². The number of carbonyl (C=O) groups excluding carboxylic acids is 3. The summed E-state index contributed by atoms with van der Waals surface area (Å²) in [6, 6.07) is 14.8. The Morgan fingerprint density at radius 3 is 2.14 bits per heavy atom. The van der Waals surface area contributed by atoms with Crippen LogP contribution < -0.4 is 33.6 Å². The van der Waals surface area contributed by atoms with E-state index >= 15 is 0 Å². The maximum absolute atomic E-state index is 13.9. The van der Waals surface area contributed by atoms with E-state index in [0.29, 0.717) is 18.4 Å². The van der Waals surface area contributed by atoms with Gasteiger partial charge in [0.2, 0.25) is 17.7 Å². The number of ether oxygens (including phenoxy) is 1. The van der Waals surface area contributed by atoms with Crippen LogP contribution in [-0.2, 0) is 32.1 Å². The first kappa shape index (κ1) is 34.0. The van der Waals surface area contributed by atoms with Crippen molar-refractivity contribution in [1.82, 2.24) is 10.6 Å². The second-order valence-corrected chi connectivity index (χ2v) is 11.3. The van der Waals surface area contributed by atoms with Crippen molar-refractivity contribution < 1.29 is 19.1 Å². The average Bonchev–Trinajstić information content (AvgIpc) is 3.01. The third kappa shape index (κ3) is 11.3. The summed E-state index contributed by atoms with van der Waals surface area (Å²) in [6.45, 7) is 0.419. The van der Waals surface area contributed by atoms with Crippen LogP contribution in [0.15, 0.2) is 59.6 Å². The van der Waals surface area contributed by atoms with Gasteiger partial charge in [-0.1, -0.05) is 73.9 Å². The number of nitrogens with zero attached hydrogens (tertiary/aromatic N) is 1. The summed E-state index contributed by atoms with van der Waals surface area (Å²) in [5.74, 6) is -1.83. The minimum absolute atomic E-state index is 0.0204. The van der Waals surface area contributed by atoms with Crippen LogP contribution in [0.5, 0.6) is 0 Å². The van der Waals surface area contributed by atoms with Crippen LogP contribution in [0.4, 0.5) is 0 Å². The molecule has 3 atom stereocenters. The van der Waals surface area contributed by atoms with Gasteiger partial charge in [0, 0.05) is 18.0 Å². The molecule has 0 bridgehead atoms. The van der Waals surface area contributed by atoms with Crippen molar-refractivity contribution in [3.05, 3.63) is 71.3 Å². The maximum Gasteiger partial charge on any atom is 0.245 e. The molecule has 2 aromatic carbocycles. The number of hydrogen-bond acceptors (Lipinski definition) is 6. The third-order valence-corrected chi connectivity index (χ3v) is 7.91. The fourth-order valence-corrected chi connectivity index (χ4v) is 5.48. The molecular weight excluding hydrogens is 560 g/mol. The molecule has 0 saturated heterocycles. The summed E-state index contributed by atoms with van der Waals surface area (Å²) in [5.41, 5.74) is 24.4. The van der Waals surface area contributed by atoms with Crippen molar-refractivity contribution in [3.8, 4) is 0 Å². The minimum atomic E-state index is -1.06. The van der Waals surface area contributed by atoms with Gasteiger partial charge in [-0.25, -0.2) is 0 Å². The molecule has 1 aliphatic carbocycles. The molecular formula is C32H46N8O4. The zero-order chi connectivity index (χ0) is 31.9. The second kappa shape index (κ2) is 17.6. The first-order valence-corrected chi connectivity index (χ1v) is 15.1. The topological polar surface area (TPSA) is 225 Å². The van der Waals surface area contributed by atoms with Gasteiger partial charge in [-0.3, -0.25) is 24.8 Å². The van der Waals surface area contributed by atoms with E-state index in [9.17, 15) is 14.4 Å². The summed E-state index contributed by atoms with van der Waals surface area (Å²) in [5, 5.41) is 13.3. The van der Waals surface area contributed by atoms with Gasteiger partial charge in [-0.15, -0.1) is 0 Å². The predicted molar refractivity (Wildman–Crippen MR) is 170 cm³/mol. The van der Waals surface area contributed by atoms with E-state index in [1.54, 1.807) is 12.1 Å². The lowest BCUT2D eigenvalue weighted by molar-refractivity contribution is -0.135. The maximum atomic E-state index is 13.9. The molecule has 12 nitrogen and oxygen atoms in total. The van der Waals surface area contributed by atoms with Crippen LogP contribution in [0.3, 0.4) is 0 Å². The highest BCUT2D eigenvalue weighted by Gasteiger charge is 2.33. The first-order valence-electron chi connectivity index (χ1n) is 15.1. The van der Waals surface area contributed by atoms with Gasteiger partial charge in [0.25, 0.3) is 0 Å². The fourth-order valence-electron chi connectivity index (χ4n) is 5.48. The number of nitrogen functional groups attached to an aromatic ring is 1. The molecule has 3 rings (SSSR count). The number of carbonyl (C=O) groups is 3. The number of primary amides is 1. The van der Waals surface area contributed by atoms with E-state index in [1.165, 1.54) is 0 Å². The van der Waals surface area contributed by atoms with Crippen LogP contribution in [0.25, 0.3) is 0 Å². The van der Waals surface area contributed by atoms with Gasteiger partial charge in [0.1, 0.15) is 17.9 Å². The van der Waals surface area contributed by atoms with Crippen molar-refractivity contribution >= 4 is 29.5 Å². The number of nitrogens with two attached hydrogens (primary N) is 4. The van der Waals surface area contributed by atoms with Crippen LogP contribution in [0.1, 0.15) is 61.6 Å². The second-order valence-electron chi connectivity index (χ2n) is 11.3. The number of rotatable bonds is 17. The molecule has 0 aromatic heterocycles. The van der Waals surface area contributed by atoms with Gasteiger partial charge >= 0.3 is 0 Å². The molecule has 12 heteroatoms. The van der Waals surface area contributed by atoms with Crippen LogP contribution >= 0.6 is 0 Å². The Kier molecular flexibility index (Phi) is 13.6. The van der Waals surface area contributed by atoms with Gasteiger partial charge in [-0.05, 0) is 49.1 Å². The molecule has 1 saturated carbocycles. The number of amidine groups is 1. The lowest BCUT2D eigenvalue weighted by Crippen LogP contribution is -2.56. The van der Waals surface area contributed by atoms with E-state index in [4.69, 9.17) is 33.1 Å². The Hall–Kier alpha value is -4.45. The Balaban J connectivity index is 1.77. The van der Waals surface area contributed by atoms with Crippen molar-refractivity contribution in [3.63, 3.8) is 0 Å². The Morgan fingerprint density at radius 1 is 0.864 bits per heavy atom. The van der Waals surface area contributed by atoms with E-state index in [0.717, 1.165) is 43.2 Å². The number of hydrogen-bond donors (Lipinski definition) is 7. The van der Waals surface area contributed by atoms with E-state index in [2.05, 4.69) is 15.6 Å². The number of benzene rings is 2. The van der Waals surface area contributed by atoms with Crippen molar-refractivity contribution in [2.24, 2.45) is 39.8 Å². The largest absolute Gasteiger partial charge is 0.384 e. The summed E-state index contributed by atoms with van der Waals surface area (Å²) in [6.07, 6.45) is 6.18. The highest BCUT2D eigenvalue weighted by molar-refractivity contribution is 5.95. The van der Waals surface area contributed by atoms with E-state index in [1.807, 2.05) is 42.5 Å². The highest BCUT2D eigenvalue weighted by Crippen LogP contribution is 2.32. The normalized spacial score (nSPS) is 15.4. The number of aliphatic imine (C=N–C) groups is 1. The molecule has 238 valence electrons. The number of nitrogens with one attached hydrogen (secondary N) is 3. The molecule has 0 heterocycles. The zero-order valence-corrected chi connectivity index (χ0v) is 25.2. The van der Waals surface area contributed by atoms with E-state index in [-0.39, 0.29) is 55.7 Å². The number of guanidine groups is 1. The van der Waals surface area contributed by atoms with Crippen molar-refractivity contribution in [1.29, 1.82) is 5.41 Å². The smallest absolute Gasteiger partial charge is 0.245 e. The standard InChI is InChI=1S/C32H46N8O4/c33-28(34)24-15-13-21(14-16-24)18-25(23-10-5-2-6-11-23)30(42)40-27(20-44-19-22-8-3-1-4-9-22)31(43)39-26(29(35)41)12-7-17-38-32(36)37/h1,3-4,8-9,13-16,23,25-27H,2,5-7,10-12,17-20H2,(H3,33,34)(H2,35,41)(H,39,43)(H,40,42)(H4,36,37,38)/t25-,26+,27+/m1/s1. The van der Waals surface area contributed by atoms with Gasteiger partial charge < -0.3 is 38.3 Å². The lowest BCUT2D eigenvalue weighted by Gasteiger charge is -2.31. The molecule has 1 aliphatic rings. The average molecular weight is 607 g/mol. The van der Waals surface area contributed by atoms with Crippen LogP contribution in [0, 0.1) is 17.2 Å². The van der Waals surface area contributed by atoms with Crippen LogP contribution in [-0.4, -0.2) is 54.8 Å². The Bertz CT molecular complexity index is 1260. The quantitative estimate of drug-likeness (QED) is 0.0796. The van der Waals surface area contributed by atoms with Crippen molar-refractivity contribution in [2.75, 3.05) is 13.2 Å². The molecule has 44 heavy (non-hydrogen) atoms. The molecule has 3 amide bonds. The summed E-state index contributed by atoms with van der Waals surface area (Å²) in [4.78, 5) is 43.5.